The number of aromatic nitrogens is 1. The van der Waals surface area contributed by atoms with Crippen LogP contribution in [0.25, 0.3) is 49.4 Å². The second-order valence-electron chi connectivity index (χ2n) is 9.09. The van der Waals surface area contributed by atoms with E-state index in [-0.39, 0.29) is 5.41 Å². The van der Waals surface area contributed by atoms with Gasteiger partial charge in [0.1, 0.15) is 5.58 Å². The van der Waals surface area contributed by atoms with Crippen LogP contribution >= 0.6 is 0 Å². The molecule has 0 aliphatic heterocycles. The van der Waals surface area contributed by atoms with E-state index in [1.54, 1.807) is 0 Å². The highest BCUT2D eigenvalue weighted by atomic mass is 16.3. The van der Waals surface area contributed by atoms with Crippen molar-refractivity contribution in [3.8, 4) is 5.69 Å². The molecule has 0 amide bonds. The Hall–Kier alpha value is -3.52. The molecule has 2 aromatic heterocycles. The normalized spacial score (nSPS) is 12.5. The molecule has 2 heterocycles. The lowest BCUT2D eigenvalue weighted by Gasteiger charge is -2.18. The molecule has 146 valence electrons. The molecule has 4 aromatic carbocycles. The topological polar surface area (TPSA) is 18.1 Å². The number of para-hydroxylation sites is 2. The van der Waals surface area contributed by atoms with Crippen LogP contribution in [-0.2, 0) is 5.41 Å². The van der Waals surface area contributed by atoms with Crippen molar-refractivity contribution in [1.82, 2.24) is 4.57 Å². The van der Waals surface area contributed by atoms with Gasteiger partial charge in [0.05, 0.1) is 11.0 Å². The maximum atomic E-state index is 6.50. The Kier molecular flexibility index (Phi) is 3.47. The Morgan fingerprint density at radius 1 is 0.667 bits per heavy atom. The summed E-state index contributed by atoms with van der Waals surface area (Å²) in [6.07, 6.45) is 0. The monoisotopic (exact) mass is 389 g/mol. The van der Waals surface area contributed by atoms with E-state index in [0.717, 1.165) is 22.4 Å². The van der Waals surface area contributed by atoms with Crippen molar-refractivity contribution >= 4 is 43.7 Å². The number of nitrogens with zero attached hydrogens (tertiary/aromatic N) is 1. The van der Waals surface area contributed by atoms with Crippen molar-refractivity contribution in [3.05, 3.63) is 90.5 Å². The van der Waals surface area contributed by atoms with Crippen LogP contribution in [0.15, 0.2) is 89.3 Å². The summed E-state index contributed by atoms with van der Waals surface area (Å²) in [5, 5.41) is 4.82. The van der Waals surface area contributed by atoms with Crippen LogP contribution in [0, 0.1) is 0 Å². The first kappa shape index (κ1) is 17.3. The quantitative estimate of drug-likeness (QED) is 0.279. The van der Waals surface area contributed by atoms with E-state index in [1.807, 2.05) is 0 Å². The highest BCUT2D eigenvalue weighted by Crippen LogP contribution is 2.40. The standard InChI is InChI=1S/C28H23NO/c1-28(2,3)18-13-16-25-23(17-18)22-15-14-21-20-11-7-8-12-24(20)29(26(21)27(22)30-25)19-9-5-4-6-10-19/h4-17H,1-3H3. The molecule has 6 aromatic rings. The second kappa shape index (κ2) is 5.99. The number of fused-ring (bicyclic) bond motifs is 7. The molecule has 0 aliphatic rings. The predicted molar refractivity (Wildman–Crippen MR) is 127 cm³/mol. The van der Waals surface area contributed by atoms with Crippen LogP contribution in [0.4, 0.5) is 0 Å². The summed E-state index contributed by atoms with van der Waals surface area (Å²) < 4.78 is 8.84. The third-order valence-corrected chi connectivity index (χ3v) is 6.15. The van der Waals surface area contributed by atoms with Gasteiger partial charge in [-0.25, -0.2) is 0 Å². The first-order valence-electron chi connectivity index (χ1n) is 10.5. The summed E-state index contributed by atoms with van der Waals surface area (Å²) in [6.45, 7) is 6.76. The molecule has 30 heavy (non-hydrogen) atoms. The van der Waals surface area contributed by atoms with Gasteiger partial charge in [-0.2, -0.15) is 0 Å². The van der Waals surface area contributed by atoms with Crippen molar-refractivity contribution in [2.24, 2.45) is 0 Å². The second-order valence-corrected chi connectivity index (χ2v) is 9.09. The van der Waals surface area contributed by atoms with Crippen LogP contribution in [-0.4, -0.2) is 4.57 Å². The Labute approximate surface area is 175 Å². The lowest BCUT2D eigenvalue weighted by molar-refractivity contribution is 0.590. The Bertz CT molecular complexity index is 1560. The predicted octanol–water partition coefficient (Wildman–Crippen LogP) is 7.98. The number of hydrogen-bond acceptors (Lipinski definition) is 1. The molecule has 0 spiro atoms. The van der Waals surface area contributed by atoms with E-state index >= 15 is 0 Å². The van der Waals surface area contributed by atoms with Crippen LogP contribution in [0.5, 0.6) is 0 Å². The minimum atomic E-state index is 0.0980. The molecule has 0 saturated carbocycles. The Balaban J connectivity index is 1.81. The van der Waals surface area contributed by atoms with Gasteiger partial charge in [0.15, 0.2) is 5.58 Å². The van der Waals surface area contributed by atoms with Gasteiger partial charge in [-0.15, -0.1) is 0 Å². The van der Waals surface area contributed by atoms with Crippen LogP contribution in [0.2, 0.25) is 0 Å². The summed E-state index contributed by atoms with van der Waals surface area (Å²) >= 11 is 0. The van der Waals surface area contributed by atoms with E-state index in [2.05, 4.69) is 110 Å². The molecule has 0 saturated heterocycles. The Morgan fingerprint density at radius 3 is 2.20 bits per heavy atom. The number of benzene rings is 4. The molecule has 2 heteroatoms. The minimum absolute atomic E-state index is 0.0980. The van der Waals surface area contributed by atoms with Crippen molar-refractivity contribution in [3.63, 3.8) is 0 Å². The third kappa shape index (κ3) is 2.37. The van der Waals surface area contributed by atoms with Crippen molar-refractivity contribution < 1.29 is 4.42 Å². The summed E-state index contributed by atoms with van der Waals surface area (Å²) in [7, 11) is 0. The zero-order chi connectivity index (χ0) is 20.5. The van der Waals surface area contributed by atoms with Crippen LogP contribution in [0.3, 0.4) is 0 Å². The number of hydrogen-bond donors (Lipinski definition) is 0. The zero-order valence-electron chi connectivity index (χ0n) is 17.4. The summed E-state index contributed by atoms with van der Waals surface area (Å²) in [4.78, 5) is 0. The van der Waals surface area contributed by atoms with Gasteiger partial charge in [0, 0.05) is 27.2 Å². The van der Waals surface area contributed by atoms with Gasteiger partial charge >= 0.3 is 0 Å². The summed E-state index contributed by atoms with van der Waals surface area (Å²) in [5.41, 5.74) is 6.79. The fraction of sp³-hybridized carbons (Fsp3) is 0.143. The molecule has 0 fully saturated rings. The molecule has 0 bridgehead atoms. The van der Waals surface area contributed by atoms with Gasteiger partial charge in [0.2, 0.25) is 0 Å². The lowest BCUT2D eigenvalue weighted by Crippen LogP contribution is -2.10. The first-order valence-corrected chi connectivity index (χ1v) is 10.5. The van der Waals surface area contributed by atoms with Crippen molar-refractivity contribution in [2.75, 3.05) is 0 Å². The molecular weight excluding hydrogens is 366 g/mol. The van der Waals surface area contributed by atoms with E-state index in [0.29, 0.717) is 0 Å². The van der Waals surface area contributed by atoms with Gasteiger partial charge in [-0.3, -0.25) is 0 Å². The van der Waals surface area contributed by atoms with Gasteiger partial charge < -0.3 is 8.98 Å². The van der Waals surface area contributed by atoms with Crippen molar-refractivity contribution in [2.45, 2.75) is 26.2 Å². The number of rotatable bonds is 1. The van der Waals surface area contributed by atoms with Crippen LogP contribution in [0.1, 0.15) is 26.3 Å². The summed E-state index contributed by atoms with van der Waals surface area (Å²) in [6, 6.07) is 30.2. The lowest BCUT2D eigenvalue weighted by atomic mass is 9.86. The SMILES string of the molecule is CC(C)(C)c1ccc2oc3c(ccc4c5ccccc5n(-c5ccccc5)c43)c2c1. The summed E-state index contributed by atoms with van der Waals surface area (Å²) in [5.74, 6) is 0. The molecule has 0 aliphatic carbocycles. The fourth-order valence-corrected chi connectivity index (χ4v) is 4.59. The smallest absolute Gasteiger partial charge is 0.160 e. The van der Waals surface area contributed by atoms with E-state index in [1.165, 1.54) is 32.6 Å². The molecule has 6 rings (SSSR count). The average Bonchev–Trinajstić information content (AvgIpc) is 3.29. The third-order valence-electron chi connectivity index (χ3n) is 6.15. The maximum Gasteiger partial charge on any atom is 0.160 e. The van der Waals surface area contributed by atoms with Gasteiger partial charge in [0.25, 0.3) is 0 Å². The van der Waals surface area contributed by atoms with Crippen LogP contribution < -0.4 is 0 Å². The van der Waals surface area contributed by atoms with E-state index in [9.17, 15) is 0 Å². The van der Waals surface area contributed by atoms with E-state index in [4.69, 9.17) is 4.42 Å². The largest absolute Gasteiger partial charge is 0.454 e. The first-order chi connectivity index (χ1) is 14.5. The van der Waals surface area contributed by atoms with Gasteiger partial charge in [-0.05, 0) is 47.4 Å². The highest BCUT2D eigenvalue weighted by Gasteiger charge is 2.20. The highest BCUT2D eigenvalue weighted by molar-refractivity contribution is 6.21. The maximum absolute atomic E-state index is 6.50. The molecule has 0 N–H and O–H groups in total. The fourth-order valence-electron chi connectivity index (χ4n) is 4.59. The zero-order valence-corrected chi connectivity index (χ0v) is 17.4. The molecule has 2 nitrogen and oxygen atoms in total. The molecule has 0 atom stereocenters. The number of furan rings is 1. The Morgan fingerprint density at radius 2 is 1.40 bits per heavy atom. The average molecular weight is 389 g/mol. The van der Waals surface area contributed by atoms with Gasteiger partial charge in [-0.1, -0.05) is 69.3 Å². The molecule has 0 unspecified atom stereocenters. The van der Waals surface area contributed by atoms with Crippen molar-refractivity contribution in [1.29, 1.82) is 0 Å². The van der Waals surface area contributed by atoms with E-state index < -0.39 is 0 Å². The minimum Gasteiger partial charge on any atom is -0.454 e. The molecular formula is C28H23NO. The molecule has 0 radical (unpaired) electrons.